The van der Waals surface area contributed by atoms with E-state index in [1.54, 1.807) is 0 Å². The predicted molar refractivity (Wildman–Crippen MR) is 63.4 cm³/mol. The van der Waals surface area contributed by atoms with Crippen molar-refractivity contribution in [2.45, 2.75) is 12.5 Å². The van der Waals surface area contributed by atoms with E-state index in [0.717, 1.165) is 4.90 Å². The van der Waals surface area contributed by atoms with Gasteiger partial charge in [0.15, 0.2) is 0 Å². The molecular formula is C10H16N2O8. The Morgan fingerprint density at radius 1 is 0.850 bits per heavy atom. The summed E-state index contributed by atoms with van der Waals surface area (Å²) in [6.07, 6.45) is -0.507. The van der Waals surface area contributed by atoms with Gasteiger partial charge in [-0.1, -0.05) is 0 Å². The third kappa shape index (κ3) is 8.83. The van der Waals surface area contributed by atoms with Crippen molar-refractivity contribution in [3.05, 3.63) is 0 Å². The van der Waals surface area contributed by atoms with Crippen LogP contribution in [-0.2, 0) is 19.2 Å². The van der Waals surface area contributed by atoms with Crippen LogP contribution in [0.1, 0.15) is 6.42 Å². The second-order valence-corrected chi connectivity index (χ2v) is 3.97. The van der Waals surface area contributed by atoms with Crippen LogP contribution in [0.2, 0.25) is 0 Å². The number of rotatable bonds is 11. The van der Waals surface area contributed by atoms with Crippen molar-refractivity contribution in [1.82, 2.24) is 10.2 Å². The smallest absolute Gasteiger partial charge is 0.317 e. The van der Waals surface area contributed by atoms with Crippen molar-refractivity contribution in [3.8, 4) is 0 Å². The van der Waals surface area contributed by atoms with E-state index in [-0.39, 0.29) is 6.54 Å². The molecule has 0 fully saturated rings. The van der Waals surface area contributed by atoms with Crippen LogP contribution in [-0.4, -0.2) is 81.4 Å². The molecular weight excluding hydrogens is 276 g/mol. The maximum atomic E-state index is 10.7. The van der Waals surface area contributed by atoms with E-state index in [1.165, 1.54) is 0 Å². The Kier molecular flexibility index (Phi) is 7.85. The first kappa shape index (κ1) is 17.8. The van der Waals surface area contributed by atoms with Crippen molar-refractivity contribution in [2.75, 3.05) is 26.2 Å². The quantitative estimate of drug-likeness (QED) is 0.287. The molecule has 114 valence electrons. The Balaban J connectivity index is 4.78. The summed E-state index contributed by atoms with van der Waals surface area (Å²) in [5.41, 5.74) is 0. The van der Waals surface area contributed by atoms with E-state index in [2.05, 4.69) is 5.32 Å². The first-order valence-corrected chi connectivity index (χ1v) is 5.54. The van der Waals surface area contributed by atoms with E-state index in [1.807, 2.05) is 0 Å². The van der Waals surface area contributed by atoms with Gasteiger partial charge < -0.3 is 25.7 Å². The average Bonchev–Trinajstić information content (AvgIpc) is 2.24. The third-order valence-corrected chi connectivity index (χ3v) is 2.26. The van der Waals surface area contributed by atoms with Crippen molar-refractivity contribution in [2.24, 2.45) is 0 Å². The van der Waals surface area contributed by atoms with Gasteiger partial charge in [-0.2, -0.15) is 0 Å². The molecule has 0 amide bonds. The summed E-state index contributed by atoms with van der Waals surface area (Å²) >= 11 is 0. The number of aliphatic carboxylic acids is 4. The SMILES string of the molecule is O=C(O)CNCC(CC(=O)O)N(CC(=O)O)CC(=O)O. The Labute approximate surface area is 113 Å². The molecule has 0 spiro atoms. The molecule has 0 saturated heterocycles. The highest BCUT2D eigenvalue weighted by Crippen LogP contribution is 2.04. The van der Waals surface area contributed by atoms with Crippen LogP contribution in [0.5, 0.6) is 0 Å². The number of carboxylic acids is 4. The summed E-state index contributed by atoms with van der Waals surface area (Å²) in [5, 5.41) is 37.0. The molecule has 10 nitrogen and oxygen atoms in total. The van der Waals surface area contributed by atoms with Crippen molar-refractivity contribution in [3.63, 3.8) is 0 Å². The van der Waals surface area contributed by atoms with Gasteiger partial charge in [0.05, 0.1) is 26.1 Å². The molecule has 20 heavy (non-hydrogen) atoms. The number of nitrogens with zero attached hydrogens (tertiary/aromatic N) is 1. The average molecular weight is 292 g/mol. The summed E-state index contributed by atoms with van der Waals surface area (Å²) < 4.78 is 0. The molecule has 0 aliphatic heterocycles. The Bertz CT molecular complexity index is 367. The van der Waals surface area contributed by atoms with Crippen LogP contribution >= 0.6 is 0 Å². The van der Waals surface area contributed by atoms with Gasteiger partial charge >= 0.3 is 23.9 Å². The van der Waals surface area contributed by atoms with Crippen LogP contribution < -0.4 is 5.32 Å². The molecule has 1 atom stereocenters. The fraction of sp³-hybridized carbons (Fsp3) is 0.600. The topological polar surface area (TPSA) is 164 Å². The summed E-state index contributed by atoms with van der Waals surface area (Å²) in [6.45, 7) is -1.90. The molecule has 0 aliphatic carbocycles. The highest BCUT2D eigenvalue weighted by Gasteiger charge is 2.25. The molecule has 0 saturated carbocycles. The number of hydrogen-bond acceptors (Lipinski definition) is 6. The van der Waals surface area contributed by atoms with Crippen LogP contribution in [0.4, 0.5) is 0 Å². The van der Waals surface area contributed by atoms with E-state index in [4.69, 9.17) is 20.4 Å². The molecule has 5 N–H and O–H groups in total. The van der Waals surface area contributed by atoms with Crippen LogP contribution in [0, 0.1) is 0 Å². The minimum absolute atomic E-state index is 0.154. The second kappa shape index (κ2) is 8.82. The number of nitrogens with one attached hydrogen (secondary N) is 1. The Hall–Kier alpha value is -2.20. The zero-order valence-corrected chi connectivity index (χ0v) is 10.5. The molecule has 0 aliphatic rings. The predicted octanol–water partition coefficient (Wildman–Crippen LogP) is -2.02. The van der Waals surface area contributed by atoms with E-state index in [0.29, 0.717) is 0 Å². The second-order valence-electron chi connectivity index (χ2n) is 3.97. The fourth-order valence-corrected chi connectivity index (χ4v) is 1.54. The van der Waals surface area contributed by atoms with E-state index >= 15 is 0 Å². The normalized spacial score (nSPS) is 12.1. The third-order valence-electron chi connectivity index (χ3n) is 2.26. The highest BCUT2D eigenvalue weighted by atomic mass is 16.4. The number of hydrogen-bond donors (Lipinski definition) is 5. The monoisotopic (exact) mass is 292 g/mol. The molecule has 0 aromatic heterocycles. The lowest BCUT2D eigenvalue weighted by molar-refractivity contribution is -0.146. The standard InChI is InChI=1S/C10H16N2O8/c13-7(14)1-6(2-11-3-8(15)16)12(4-9(17)18)5-10(19)20/h6,11H,1-5H2,(H,13,14)(H,15,16)(H,17,18)(H,19,20). The van der Waals surface area contributed by atoms with Crippen molar-refractivity contribution < 1.29 is 39.6 Å². The van der Waals surface area contributed by atoms with Crippen LogP contribution in [0.15, 0.2) is 0 Å². The summed E-state index contributed by atoms with van der Waals surface area (Å²) in [6, 6.07) is -0.945. The minimum Gasteiger partial charge on any atom is -0.481 e. The lowest BCUT2D eigenvalue weighted by Gasteiger charge is -2.27. The Morgan fingerprint density at radius 3 is 1.70 bits per heavy atom. The molecule has 1 unspecified atom stereocenters. The van der Waals surface area contributed by atoms with Gasteiger partial charge in [-0.3, -0.25) is 24.1 Å². The van der Waals surface area contributed by atoms with Gasteiger partial charge in [0.25, 0.3) is 0 Å². The van der Waals surface area contributed by atoms with E-state index < -0.39 is 56.0 Å². The van der Waals surface area contributed by atoms with Gasteiger partial charge in [-0.25, -0.2) is 0 Å². The van der Waals surface area contributed by atoms with Gasteiger partial charge in [0.2, 0.25) is 0 Å². The number of carbonyl (C=O) groups is 4. The first-order valence-electron chi connectivity index (χ1n) is 5.54. The summed E-state index contributed by atoms with van der Waals surface area (Å²) in [4.78, 5) is 43.4. The van der Waals surface area contributed by atoms with Gasteiger partial charge in [-0.15, -0.1) is 0 Å². The molecule has 0 aromatic carbocycles. The molecule has 0 radical (unpaired) electrons. The van der Waals surface area contributed by atoms with Crippen molar-refractivity contribution >= 4 is 23.9 Å². The molecule has 10 heteroatoms. The fourth-order valence-electron chi connectivity index (χ4n) is 1.54. The molecule has 0 heterocycles. The lowest BCUT2D eigenvalue weighted by atomic mass is 10.1. The Morgan fingerprint density at radius 2 is 1.35 bits per heavy atom. The van der Waals surface area contributed by atoms with Crippen LogP contribution in [0.25, 0.3) is 0 Å². The van der Waals surface area contributed by atoms with Gasteiger partial charge in [-0.05, 0) is 0 Å². The molecule has 0 bridgehead atoms. The maximum Gasteiger partial charge on any atom is 0.317 e. The maximum absolute atomic E-state index is 10.7. The minimum atomic E-state index is -1.31. The van der Waals surface area contributed by atoms with E-state index in [9.17, 15) is 19.2 Å². The molecule has 0 rings (SSSR count). The first-order chi connectivity index (χ1) is 9.22. The largest absolute Gasteiger partial charge is 0.481 e. The van der Waals surface area contributed by atoms with Gasteiger partial charge in [0.1, 0.15) is 0 Å². The van der Waals surface area contributed by atoms with Gasteiger partial charge in [0, 0.05) is 12.6 Å². The highest BCUT2D eigenvalue weighted by molar-refractivity contribution is 5.73. The molecule has 0 aromatic rings. The zero-order chi connectivity index (χ0) is 15.7. The summed E-state index contributed by atoms with van der Waals surface area (Å²) in [5.74, 6) is -5.02. The number of carboxylic acid groups (broad SMARTS) is 4. The van der Waals surface area contributed by atoms with Crippen molar-refractivity contribution in [1.29, 1.82) is 0 Å². The zero-order valence-electron chi connectivity index (χ0n) is 10.5. The lowest BCUT2D eigenvalue weighted by Crippen LogP contribution is -2.48. The summed E-state index contributed by atoms with van der Waals surface area (Å²) in [7, 11) is 0. The van der Waals surface area contributed by atoms with Crippen LogP contribution in [0.3, 0.4) is 0 Å².